The van der Waals surface area contributed by atoms with Crippen LogP contribution in [0.4, 0.5) is 5.69 Å². The molecular weight excluding hydrogens is 262 g/mol. The van der Waals surface area contributed by atoms with Gasteiger partial charge in [0.2, 0.25) is 5.91 Å². The number of nitrogens with zero attached hydrogens (tertiary/aromatic N) is 2. The molecular formula is C14H14ClN3O. The average molecular weight is 276 g/mol. The van der Waals surface area contributed by atoms with Crippen LogP contribution >= 0.6 is 11.6 Å². The molecule has 5 heteroatoms. The van der Waals surface area contributed by atoms with Crippen molar-refractivity contribution in [1.29, 1.82) is 0 Å². The molecule has 2 rings (SSSR count). The van der Waals surface area contributed by atoms with Crippen molar-refractivity contribution in [1.82, 2.24) is 9.78 Å². The van der Waals surface area contributed by atoms with Gasteiger partial charge in [0.25, 0.3) is 0 Å². The van der Waals surface area contributed by atoms with Crippen LogP contribution in [-0.4, -0.2) is 15.7 Å². The highest BCUT2D eigenvalue weighted by molar-refractivity contribution is 6.31. The fraction of sp³-hybridized carbons (Fsp3) is 0.143. The van der Waals surface area contributed by atoms with E-state index in [0.29, 0.717) is 10.7 Å². The second-order valence-electron chi connectivity index (χ2n) is 4.32. The maximum atomic E-state index is 11.8. The summed E-state index contributed by atoms with van der Waals surface area (Å²) in [6, 6.07) is 7.09. The molecule has 4 nitrogen and oxygen atoms in total. The van der Waals surface area contributed by atoms with Gasteiger partial charge in [0, 0.05) is 23.5 Å². The fourth-order valence-corrected chi connectivity index (χ4v) is 1.82. The molecule has 0 saturated heterocycles. The Kier molecular flexibility index (Phi) is 4.02. The monoisotopic (exact) mass is 275 g/mol. The van der Waals surface area contributed by atoms with E-state index in [2.05, 4.69) is 10.4 Å². The van der Waals surface area contributed by atoms with Crippen LogP contribution in [0.3, 0.4) is 0 Å². The third kappa shape index (κ3) is 3.45. The molecule has 1 aromatic heterocycles. The quantitative estimate of drug-likeness (QED) is 0.873. The third-order valence-electron chi connectivity index (χ3n) is 2.39. The zero-order valence-corrected chi connectivity index (χ0v) is 11.5. The third-order valence-corrected chi connectivity index (χ3v) is 2.62. The number of hydrogen-bond acceptors (Lipinski definition) is 2. The Morgan fingerprint density at radius 2 is 2.21 bits per heavy atom. The summed E-state index contributed by atoms with van der Waals surface area (Å²) in [5.74, 6) is -0.185. The average Bonchev–Trinajstić information content (AvgIpc) is 2.81. The number of aromatic nitrogens is 2. The van der Waals surface area contributed by atoms with Gasteiger partial charge in [-0.2, -0.15) is 5.10 Å². The second kappa shape index (κ2) is 5.71. The van der Waals surface area contributed by atoms with E-state index in [1.165, 1.54) is 6.08 Å². The molecule has 0 radical (unpaired) electrons. The van der Waals surface area contributed by atoms with Gasteiger partial charge in [-0.1, -0.05) is 17.2 Å². The van der Waals surface area contributed by atoms with E-state index < -0.39 is 0 Å². The largest absolute Gasteiger partial charge is 0.321 e. The van der Waals surface area contributed by atoms with E-state index in [-0.39, 0.29) is 5.91 Å². The Morgan fingerprint density at radius 3 is 2.84 bits per heavy atom. The summed E-state index contributed by atoms with van der Waals surface area (Å²) in [6.07, 6.45) is 5.02. The van der Waals surface area contributed by atoms with Gasteiger partial charge < -0.3 is 5.32 Å². The van der Waals surface area contributed by atoms with Crippen molar-refractivity contribution < 1.29 is 4.79 Å². The van der Waals surface area contributed by atoms with Gasteiger partial charge in [0.1, 0.15) is 0 Å². The minimum Gasteiger partial charge on any atom is -0.321 e. The standard InChI is InChI=1S/C14H14ClN3O/c1-10(2)8-14(19)17-12-9-11(15)4-5-13(12)18-7-3-6-16-18/h3-9H,1-2H3,(H,17,19). The van der Waals surface area contributed by atoms with Crippen LogP contribution in [-0.2, 0) is 4.79 Å². The number of hydrogen-bond donors (Lipinski definition) is 1. The highest BCUT2D eigenvalue weighted by Crippen LogP contribution is 2.24. The minimum atomic E-state index is -0.185. The van der Waals surface area contributed by atoms with Crippen LogP contribution in [0.15, 0.2) is 48.3 Å². The SMILES string of the molecule is CC(C)=CC(=O)Nc1cc(Cl)ccc1-n1cccn1. The lowest BCUT2D eigenvalue weighted by molar-refractivity contribution is -0.111. The van der Waals surface area contributed by atoms with Gasteiger partial charge in [-0.25, -0.2) is 4.68 Å². The molecule has 0 unspecified atom stereocenters. The van der Waals surface area contributed by atoms with Crippen LogP contribution in [0.1, 0.15) is 13.8 Å². The fourth-order valence-electron chi connectivity index (χ4n) is 1.65. The van der Waals surface area contributed by atoms with Crippen molar-refractivity contribution in [2.24, 2.45) is 0 Å². The Bertz CT molecular complexity index is 614. The number of halogens is 1. The Balaban J connectivity index is 2.36. The predicted molar refractivity (Wildman–Crippen MR) is 76.6 cm³/mol. The van der Waals surface area contributed by atoms with Crippen molar-refractivity contribution in [2.45, 2.75) is 13.8 Å². The molecule has 0 aliphatic carbocycles. The van der Waals surface area contributed by atoms with Crippen molar-refractivity contribution in [3.8, 4) is 5.69 Å². The molecule has 0 aliphatic rings. The summed E-state index contributed by atoms with van der Waals surface area (Å²) in [7, 11) is 0. The first-order valence-electron chi connectivity index (χ1n) is 5.82. The minimum absolute atomic E-state index is 0.185. The van der Waals surface area contributed by atoms with Gasteiger partial charge >= 0.3 is 0 Å². The smallest absolute Gasteiger partial charge is 0.248 e. The maximum Gasteiger partial charge on any atom is 0.248 e. The Labute approximate surface area is 116 Å². The summed E-state index contributed by atoms with van der Waals surface area (Å²) >= 11 is 5.97. The second-order valence-corrected chi connectivity index (χ2v) is 4.76. The first-order chi connectivity index (χ1) is 9.06. The van der Waals surface area contributed by atoms with E-state index in [9.17, 15) is 4.79 Å². The lowest BCUT2D eigenvalue weighted by Crippen LogP contribution is -2.11. The lowest BCUT2D eigenvalue weighted by Gasteiger charge is -2.10. The summed E-state index contributed by atoms with van der Waals surface area (Å²) in [5.41, 5.74) is 2.32. The van der Waals surface area contributed by atoms with Crippen molar-refractivity contribution in [3.05, 3.63) is 53.3 Å². The van der Waals surface area contributed by atoms with Gasteiger partial charge in [0.15, 0.2) is 0 Å². The number of amides is 1. The predicted octanol–water partition coefficient (Wildman–Crippen LogP) is 3.43. The van der Waals surface area contributed by atoms with Gasteiger partial charge in [0.05, 0.1) is 11.4 Å². The molecule has 1 N–H and O–H groups in total. The maximum absolute atomic E-state index is 11.8. The molecule has 0 atom stereocenters. The number of allylic oxidation sites excluding steroid dienone is 1. The van der Waals surface area contributed by atoms with Crippen LogP contribution in [0.5, 0.6) is 0 Å². The summed E-state index contributed by atoms with van der Waals surface area (Å²) in [6.45, 7) is 3.73. The zero-order chi connectivity index (χ0) is 13.8. The number of carbonyl (C=O) groups is 1. The van der Waals surface area contributed by atoms with E-state index in [4.69, 9.17) is 11.6 Å². The summed E-state index contributed by atoms with van der Waals surface area (Å²) < 4.78 is 1.68. The van der Waals surface area contributed by atoms with Crippen molar-refractivity contribution in [2.75, 3.05) is 5.32 Å². The van der Waals surface area contributed by atoms with E-state index in [0.717, 1.165) is 11.3 Å². The first-order valence-corrected chi connectivity index (χ1v) is 6.19. The van der Waals surface area contributed by atoms with E-state index >= 15 is 0 Å². The van der Waals surface area contributed by atoms with E-state index in [1.807, 2.05) is 26.0 Å². The summed E-state index contributed by atoms with van der Waals surface area (Å²) in [5, 5.41) is 7.52. The van der Waals surface area contributed by atoms with Gasteiger partial charge in [-0.15, -0.1) is 0 Å². The van der Waals surface area contributed by atoms with Gasteiger partial charge in [-0.05, 0) is 38.1 Å². The highest BCUT2D eigenvalue weighted by Gasteiger charge is 2.08. The molecule has 98 valence electrons. The molecule has 0 saturated carbocycles. The summed E-state index contributed by atoms with van der Waals surface area (Å²) in [4.78, 5) is 11.8. The number of anilines is 1. The van der Waals surface area contributed by atoms with Crippen LogP contribution < -0.4 is 5.32 Å². The molecule has 0 fully saturated rings. The molecule has 0 bridgehead atoms. The molecule has 2 aromatic rings. The van der Waals surface area contributed by atoms with E-state index in [1.54, 1.807) is 29.2 Å². The number of nitrogens with one attached hydrogen (secondary N) is 1. The lowest BCUT2D eigenvalue weighted by atomic mass is 10.2. The number of benzene rings is 1. The van der Waals surface area contributed by atoms with Crippen LogP contribution in [0.2, 0.25) is 5.02 Å². The molecule has 1 amide bonds. The van der Waals surface area contributed by atoms with Crippen molar-refractivity contribution >= 4 is 23.2 Å². The topological polar surface area (TPSA) is 46.9 Å². The number of carbonyl (C=O) groups excluding carboxylic acids is 1. The Hall–Kier alpha value is -2.07. The van der Waals surface area contributed by atoms with Crippen LogP contribution in [0, 0.1) is 0 Å². The molecule has 0 spiro atoms. The molecule has 0 aliphatic heterocycles. The zero-order valence-electron chi connectivity index (χ0n) is 10.7. The molecule has 1 aromatic carbocycles. The Morgan fingerprint density at radius 1 is 1.42 bits per heavy atom. The molecule has 1 heterocycles. The van der Waals surface area contributed by atoms with Gasteiger partial charge in [-0.3, -0.25) is 4.79 Å². The van der Waals surface area contributed by atoms with Crippen molar-refractivity contribution in [3.63, 3.8) is 0 Å². The number of rotatable bonds is 3. The normalized spacial score (nSPS) is 10.1. The highest BCUT2D eigenvalue weighted by atomic mass is 35.5. The molecule has 19 heavy (non-hydrogen) atoms. The first kappa shape index (κ1) is 13.4. The van der Waals surface area contributed by atoms with Crippen LogP contribution in [0.25, 0.3) is 5.69 Å².